The molecule has 16 heavy (non-hydrogen) atoms. The second-order valence-corrected chi connectivity index (χ2v) is 5.26. The van der Waals surface area contributed by atoms with Crippen LogP contribution in [-0.4, -0.2) is 42.6 Å². The number of hydrogen-bond donors (Lipinski definition) is 0. The minimum Gasteiger partial charge on any atom is -0.346 e. The first-order valence-corrected chi connectivity index (χ1v) is 6.64. The van der Waals surface area contributed by atoms with Gasteiger partial charge < -0.3 is 4.90 Å². The summed E-state index contributed by atoms with van der Waals surface area (Å²) < 4.78 is 0. The van der Waals surface area contributed by atoms with Crippen molar-refractivity contribution in [2.45, 2.75) is 13.8 Å². The quantitative estimate of drug-likeness (QED) is 0.752. The minimum atomic E-state index is 1.09. The van der Waals surface area contributed by atoms with Gasteiger partial charge in [0.05, 0.1) is 0 Å². The van der Waals surface area contributed by atoms with Gasteiger partial charge in [-0.2, -0.15) is 0 Å². The van der Waals surface area contributed by atoms with Gasteiger partial charge in [-0.05, 0) is 13.8 Å². The van der Waals surface area contributed by atoms with Crippen molar-refractivity contribution in [2.24, 2.45) is 0 Å². The molecule has 0 aromatic carbocycles. The molecular weight excluding hydrogens is 218 g/mol. The highest BCUT2D eigenvalue weighted by molar-refractivity contribution is 7.13. The summed E-state index contributed by atoms with van der Waals surface area (Å²) in [6, 6.07) is 0. The van der Waals surface area contributed by atoms with Gasteiger partial charge >= 0.3 is 0 Å². The van der Waals surface area contributed by atoms with Crippen LogP contribution < -0.4 is 4.90 Å². The lowest BCUT2D eigenvalue weighted by Gasteiger charge is -2.34. The maximum absolute atomic E-state index is 4.35. The molecule has 0 spiro atoms. The maximum Gasteiger partial charge on any atom is 0.185 e. The molecule has 0 radical (unpaired) electrons. The molecule has 1 aromatic heterocycles. The van der Waals surface area contributed by atoms with E-state index in [0.29, 0.717) is 0 Å². The minimum absolute atomic E-state index is 1.09. The number of anilines is 1. The number of aromatic nitrogens is 1. The van der Waals surface area contributed by atoms with Crippen LogP contribution in [0.25, 0.3) is 0 Å². The molecule has 0 amide bonds. The van der Waals surface area contributed by atoms with E-state index in [1.54, 1.807) is 11.3 Å². The smallest absolute Gasteiger partial charge is 0.185 e. The third kappa shape index (κ3) is 3.06. The van der Waals surface area contributed by atoms with Gasteiger partial charge in [-0.1, -0.05) is 11.6 Å². The molecule has 1 aliphatic rings. The summed E-state index contributed by atoms with van der Waals surface area (Å²) in [4.78, 5) is 9.23. The fourth-order valence-electron chi connectivity index (χ4n) is 1.81. The van der Waals surface area contributed by atoms with Crippen LogP contribution >= 0.6 is 11.3 Å². The zero-order valence-corrected chi connectivity index (χ0v) is 10.8. The summed E-state index contributed by atoms with van der Waals surface area (Å²) in [7, 11) is 0. The van der Waals surface area contributed by atoms with Crippen LogP contribution in [0.2, 0.25) is 0 Å². The highest BCUT2D eigenvalue weighted by atomic mass is 32.1. The van der Waals surface area contributed by atoms with E-state index in [0.717, 1.165) is 32.7 Å². The Bertz CT molecular complexity index is 333. The Morgan fingerprint density at radius 2 is 2.12 bits per heavy atom. The van der Waals surface area contributed by atoms with Crippen molar-refractivity contribution in [3.8, 4) is 0 Å². The zero-order chi connectivity index (χ0) is 11.4. The molecule has 88 valence electrons. The van der Waals surface area contributed by atoms with Gasteiger partial charge in [-0.15, -0.1) is 11.3 Å². The van der Waals surface area contributed by atoms with Crippen LogP contribution in [0.1, 0.15) is 13.8 Å². The van der Waals surface area contributed by atoms with Crippen LogP contribution in [0.4, 0.5) is 5.13 Å². The Morgan fingerprint density at radius 1 is 1.38 bits per heavy atom. The van der Waals surface area contributed by atoms with Crippen LogP contribution in [0.3, 0.4) is 0 Å². The first kappa shape index (κ1) is 11.6. The van der Waals surface area contributed by atoms with E-state index in [1.165, 1.54) is 10.7 Å². The summed E-state index contributed by atoms with van der Waals surface area (Å²) in [5.74, 6) is 0. The van der Waals surface area contributed by atoms with E-state index in [4.69, 9.17) is 0 Å². The average molecular weight is 237 g/mol. The van der Waals surface area contributed by atoms with Gasteiger partial charge in [-0.3, -0.25) is 4.90 Å². The lowest BCUT2D eigenvalue weighted by atomic mass is 10.3. The molecule has 2 heterocycles. The monoisotopic (exact) mass is 237 g/mol. The van der Waals surface area contributed by atoms with Gasteiger partial charge in [0.25, 0.3) is 0 Å². The van der Waals surface area contributed by atoms with Gasteiger partial charge in [0.1, 0.15) is 0 Å². The van der Waals surface area contributed by atoms with Crippen molar-refractivity contribution >= 4 is 16.5 Å². The van der Waals surface area contributed by atoms with E-state index in [2.05, 4.69) is 34.7 Å². The van der Waals surface area contributed by atoms with E-state index >= 15 is 0 Å². The average Bonchev–Trinajstić information content (AvgIpc) is 2.80. The van der Waals surface area contributed by atoms with Crippen LogP contribution in [0, 0.1) is 0 Å². The molecular formula is C12H19N3S. The normalized spacial score (nSPS) is 17.5. The summed E-state index contributed by atoms with van der Waals surface area (Å²) in [6.07, 6.45) is 4.19. The fourth-order valence-corrected chi connectivity index (χ4v) is 2.50. The predicted octanol–water partition coefficient (Wildman–Crippen LogP) is 2.23. The summed E-state index contributed by atoms with van der Waals surface area (Å²) in [5.41, 5.74) is 1.40. The molecule has 0 bridgehead atoms. The molecule has 4 heteroatoms. The lowest BCUT2D eigenvalue weighted by Crippen LogP contribution is -2.46. The predicted molar refractivity (Wildman–Crippen MR) is 70.2 cm³/mol. The number of rotatable bonds is 3. The highest BCUT2D eigenvalue weighted by Crippen LogP contribution is 2.18. The molecule has 0 N–H and O–H groups in total. The van der Waals surface area contributed by atoms with Crippen LogP contribution in [0.5, 0.6) is 0 Å². The van der Waals surface area contributed by atoms with Crippen molar-refractivity contribution in [1.29, 1.82) is 0 Å². The first-order valence-electron chi connectivity index (χ1n) is 5.76. The van der Waals surface area contributed by atoms with Gasteiger partial charge in [0, 0.05) is 44.3 Å². The highest BCUT2D eigenvalue weighted by Gasteiger charge is 2.17. The fraction of sp³-hybridized carbons (Fsp3) is 0.583. The number of thiazole rings is 1. The van der Waals surface area contributed by atoms with Crippen molar-refractivity contribution in [3.05, 3.63) is 23.2 Å². The number of nitrogens with zero attached hydrogens (tertiary/aromatic N) is 3. The molecule has 0 saturated carbocycles. The maximum atomic E-state index is 4.35. The second kappa shape index (κ2) is 5.46. The Morgan fingerprint density at radius 3 is 2.69 bits per heavy atom. The summed E-state index contributed by atoms with van der Waals surface area (Å²) in [5, 5.41) is 3.21. The van der Waals surface area contributed by atoms with Crippen molar-refractivity contribution in [1.82, 2.24) is 9.88 Å². The van der Waals surface area contributed by atoms with Gasteiger partial charge in [0.15, 0.2) is 5.13 Å². The topological polar surface area (TPSA) is 19.4 Å². The summed E-state index contributed by atoms with van der Waals surface area (Å²) in [6.45, 7) is 9.90. The van der Waals surface area contributed by atoms with E-state index in [-0.39, 0.29) is 0 Å². The Balaban J connectivity index is 1.81. The standard InChI is InChI=1S/C12H19N3S/c1-11(2)3-5-14-6-8-15(9-7-14)12-13-4-10-16-12/h3-4,10H,5-9H2,1-2H3. The molecule has 1 aliphatic heterocycles. The molecule has 2 rings (SSSR count). The molecule has 3 nitrogen and oxygen atoms in total. The third-order valence-electron chi connectivity index (χ3n) is 2.82. The number of piperazine rings is 1. The van der Waals surface area contributed by atoms with Crippen LogP contribution in [-0.2, 0) is 0 Å². The first-order chi connectivity index (χ1) is 7.75. The third-order valence-corrected chi connectivity index (χ3v) is 3.65. The second-order valence-electron chi connectivity index (χ2n) is 4.38. The van der Waals surface area contributed by atoms with E-state index < -0.39 is 0 Å². The van der Waals surface area contributed by atoms with Crippen molar-refractivity contribution in [2.75, 3.05) is 37.6 Å². The van der Waals surface area contributed by atoms with Crippen molar-refractivity contribution in [3.63, 3.8) is 0 Å². The Kier molecular flexibility index (Phi) is 3.96. The molecule has 0 unspecified atom stereocenters. The van der Waals surface area contributed by atoms with E-state index in [9.17, 15) is 0 Å². The number of hydrogen-bond acceptors (Lipinski definition) is 4. The summed E-state index contributed by atoms with van der Waals surface area (Å²) >= 11 is 1.73. The van der Waals surface area contributed by atoms with Gasteiger partial charge in [0.2, 0.25) is 0 Å². The molecule has 1 aromatic rings. The Hall–Kier alpha value is -0.870. The van der Waals surface area contributed by atoms with E-state index in [1.807, 2.05) is 11.6 Å². The SMILES string of the molecule is CC(C)=CCN1CCN(c2nccs2)CC1. The molecule has 1 fully saturated rings. The Labute approximate surface area is 101 Å². The largest absolute Gasteiger partial charge is 0.346 e. The molecule has 0 aliphatic carbocycles. The van der Waals surface area contributed by atoms with Gasteiger partial charge in [-0.25, -0.2) is 4.98 Å². The van der Waals surface area contributed by atoms with Crippen LogP contribution in [0.15, 0.2) is 23.2 Å². The number of allylic oxidation sites excluding steroid dienone is 1. The molecule has 1 saturated heterocycles. The zero-order valence-electron chi connectivity index (χ0n) is 10.0. The van der Waals surface area contributed by atoms with Crippen molar-refractivity contribution < 1.29 is 0 Å². The molecule has 0 atom stereocenters. The lowest BCUT2D eigenvalue weighted by molar-refractivity contribution is 0.283.